The number of carbonyl (C=O) groups excluding carboxylic acids is 3. The van der Waals surface area contributed by atoms with Crippen molar-refractivity contribution in [2.75, 3.05) is 25.6 Å². The number of furan rings is 1. The van der Waals surface area contributed by atoms with E-state index in [1.807, 2.05) is 0 Å². The first-order chi connectivity index (χ1) is 17.9. The van der Waals surface area contributed by atoms with Crippen LogP contribution in [0.15, 0.2) is 16.5 Å². The number of nitrogens with two attached hydrogens (primary N) is 1. The number of nitrogens with one attached hydrogen (secondary N) is 2. The second kappa shape index (κ2) is 13.9. The van der Waals surface area contributed by atoms with Crippen molar-refractivity contribution in [1.82, 2.24) is 15.2 Å². The van der Waals surface area contributed by atoms with E-state index in [0.717, 1.165) is 11.3 Å². The quantitative estimate of drug-likeness (QED) is 0.171. The van der Waals surface area contributed by atoms with Crippen LogP contribution in [0.4, 0.5) is 5.13 Å². The molecule has 0 spiro atoms. The van der Waals surface area contributed by atoms with Gasteiger partial charge < -0.3 is 24.4 Å². The predicted molar refractivity (Wildman–Crippen MR) is 144 cm³/mol. The van der Waals surface area contributed by atoms with E-state index < -0.39 is 37.4 Å². The van der Waals surface area contributed by atoms with Crippen LogP contribution < -0.4 is 21.4 Å². The largest absolute Gasteiger partial charge is 0.465 e. The summed E-state index contributed by atoms with van der Waals surface area (Å²) in [6.45, 7) is 12.5. The van der Waals surface area contributed by atoms with Gasteiger partial charge in [0.05, 0.1) is 19.8 Å². The highest BCUT2D eigenvalue weighted by atomic mass is 32.1. The van der Waals surface area contributed by atoms with Gasteiger partial charge in [0.15, 0.2) is 16.4 Å². The van der Waals surface area contributed by atoms with Crippen molar-refractivity contribution in [3.63, 3.8) is 0 Å². The number of thiazole rings is 1. The molecule has 2 aromatic rings. The third-order valence-electron chi connectivity index (χ3n) is 5.30. The second-order valence-corrected chi connectivity index (χ2v) is 12.1. The molecule has 0 saturated heterocycles. The Morgan fingerprint density at radius 1 is 0.947 bits per heavy atom. The predicted octanol–water partition coefficient (Wildman–Crippen LogP) is 3.34. The fourth-order valence-corrected chi connectivity index (χ4v) is 6.59. The van der Waals surface area contributed by atoms with E-state index in [9.17, 15) is 18.9 Å². The van der Waals surface area contributed by atoms with E-state index in [2.05, 4.69) is 15.2 Å². The van der Waals surface area contributed by atoms with Crippen molar-refractivity contribution in [1.29, 1.82) is 0 Å². The molecule has 0 aromatic carbocycles. The van der Waals surface area contributed by atoms with E-state index in [1.54, 1.807) is 48.5 Å². The molecule has 2 atom stereocenters. The third-order valence-corrected chi connectivity index (χ3v) is 8.31. The average molecular weight is 573 g/mol. The van der Waals surface area contributed by atoms with Gasteiger partial charge in [-0.15, -0.1) is 0 Å². The lowest BCUT2D eigenvalue weighted by Gasteiger charge is -2.30. The summed E-state index contributed by atoms with van der Waals surface area (Å²) in [5, 5.41) is 5.87. The topological polar surface area (TPSA) is 172 Å². The molecule has 0 radical (unpaired) electrons. The van der Waals surface area contributed by atoms with Crippen LogP contribution in [0, 0.1) is 11.8 Å². The molecule has 0 fully saturated rings. The number of nitrogens with zero attached hydrogens (tertiary/aromatic N) is 1. The number of hydrogen-bond donors (Lipinski definition) is 3. The van der Waals surface area contributed by atoms with Gasteiger partial charge >= 0.3 is 17.9 Å². The molecule has 2 heterocycles. The minimum Gasteiger partial charge on any atom is -0.465 e. The van der Waals surface area contributed by atoms with E-state index in [1.165, 1.54) is 12.1 Å². The summed E-state index contributed by atoms with van der Waals surface area (Å²) in [5.74, 6) is -2.39. The van der Waals surface area contributed by atoms with Crippen molar-refractivity contribution >= 4 is 47.3 Å². The molecular formula is C24H37N4O8PS. The molecule has 2 aromatic heterocycles. The molecule has 0 bridgehead atoms. The standard InChI is InChI=1S/C24H37N4O8PS/c1-8-33-21(29)17(13(4)5)27-37(32,28-18(14(6)7)22(30)34-9-2)16-12-11-15(36-16)19-20(23(31)35-10-3)38-24(25)26-19/h11-14,17-18H,8-10H2,1-7H3,(H2,25,26)(H2,27,28,32)/t17-,18-/m0/s1. The first kappa shape index (κ1) is 31.5. The summed E-state index contributed by atoms with van der Waals surface area (Å²) in [6.07, 6.45) is 0. The van der Waals surface area contributed by atoms with Crippen LogP contribution in [0.25, 0.3) is 11.5 Å². The molecule has 212 valence electrons. The number of aromatic nitrogens is 1. The van der Waals surface area contributed by atoms with Gasteiger partial charge in [0, 0.05) is 0 Å². The Hall–Kier alpha value is -2.73. The van der Waals surface area contributed by atoms with Crippen molar-refractivity contribution in [3.05, 3.63) is 17.0 Å². The van der Waals surface area contributed by atoms with Gasteiger partial charge in [-0.25, -0.2) is 20.0 Å². The molecule has 4 N–H and O–H groups in total. The van der Waals surface area contributed by atoms with E-state index in [-0.39, 0.29) is 58.6 Å². The summed E-state index contributed by atoms with van der Waals surface area (Å²) in [6, 6.07) is 0.904. The fourth-order valence-electron chi connectivity index (χ4n) is 3.43. The molecule has 0 unspecified atom stereocenters. The molecule has 2 rings (SSSR count). The van der Waals surface area contributed by atoms with Crippen LogP contribution >= 0.6 is 18.8 Å². The number of anilines is 1. The highest BCUT2D eigenvalue weighted by molar-refractivity contribution is 7.67. The van der Waals surface area contributed by atoms with Gasteiger partial charge in [-0.3, -0.25) is 14.2 Å². The van der Waals surface area contributed by atoms with Gasteiger partial charge in [-0.1, -0.05) is 39.0 Å². The lowest BCUT2D eigenvalue weighted by Crippen LogP contribution is -2.49. The van der Waals surface area contributed by atoms with Crippen molar-refractivity contribution in [2.24, 2.45) is 11.8 Å². The molecule has 12 nitrogen and oxygen atoms in total. The number of ether oxygens (including phenoxy) is 3. The first-order valence-corrected chi connectivity index (χ1v) is 14.9. The summed E-state index contributed by atoms with van der Waals surface area (Å²) in [7, 11) is -4.03. The molecule has 0 aliphatic rings. The molecular weight excluding hydrogens is 535 g/mol. The highest BCUT2D eigenvalue weighted by Gasteiger charge is 2.41. The number of nitrogen functional groups attached to an aromatic ring is 1. The van der Waals surface area contributed by atoms with E-state index >= 15 is 0 Å². The Labute approximate surface area is 226 Å². The van der Waals surface area contributed by atoms with Crippen LogP contribution in [-0.4, -0.2) is 54.8 Å². The Morgan fingerprint density at radius 3 is 1.89 bits per heavy atom. The summed E-state index contributed by atoms with van der Waals surface area (Å²) in [5.41, 5.74) is 5.87. The van der Waals surface area contributed by atoms with E-state index in [0.29, 0.717) is 0 Å². The van der Waals surface area contributed by atoms with Crippen LogP contribution in [0.2, 0.25) is 0 Å². The third kappa shape index (κ3) is 7.66. The van der Waals surface area contributed by atoms with Crippen LogP contribution in [0.3, 0.4) is 0 Å². The summed E-state index contributed by atoms with van der Waals surface area (Å²) in [4.78, 5) is 42.2. The molecule has 14 heteroatoms. The normalized spacial score (nSPS) is 13.4. The van der Waals surface area contributed by atoms with Gasteiger partial charge in [-0.05, 0) is 44.7 Å². The molecule has 0 saturated carbocycles. The van der Waals surface area contributed by atoms with E-state index in [4.69, 9.17) is 24.4 Å². The lowest BCUT2D eigenvalue weighted by atomic mass is 10.1. The fraction of sp³-hybridized carbons (Fsp3) is 0.583. The number of hydrogen-bond acceptors (Lipinski definition) is 11. The number of rotatable bonds is 14. The van der Waals surface area contributed by atoms with Gasteiger partial charge in [0.25, 0.3) is 7.44 Å². The van der Waals surface area contributed by atoms with Crippen molar-refractivity contribution in [3.8, 4) is 11.5 Å². The Kier molecular flexibility index (Phi) is 11.5. The number of carbonyl (C=O) groups is 3. The smallest absolute Gasteiger partial charge is 0.350 e. The minimum atomic E-state index is -4.03. The first-order valence-electron chi connectivity index (χ1n) is 12.4. The molecule has 38 heavy (non-hydrogen) atoms. The maximum atomic E-state index is 14.6. The molecule has 0 aliphatic heterocycles. The second-order valence-electron chi connectivity index (χ2n) is 8.90. The Balaban J connectivity index is 2.60. The Morgan fingerprint density at radius 2 is 1.45 bits per heavy atom. The van der Waals surface area contributed by atoms with Crippen LogP contribution in [0.5, 0.6) is 0 Å². The zero-order valence-corrected chi connectivity index (χ0v) is 24.4. The Bertz CT molecular complexity index is 1130. The highest BCUT2D eigenvalue weighted by Crippen LogP contribution is 2.41. The van der Waals surface area contributed by atoms with Gasteiger partial charge in [-0.2, -0.15) is 0 Å². The number of esters is 3. The SMILES string of the molecule is CCOC(=O)c1sc(N)nc1-c1ccc(P(=O)(N[C@H](C(=O)OCC)C(C)C)N[C@H](C(=O)OCC)C(C)C)o1. The zero-order chi connectivity index (χ0) is 28.6. The maximum absolute atomic E-state index is 14.6. The van der Waals surface area contributed by atoms with Gasteiger partial charge in [0.2, 0.25) is 0 Å². The average Bonchev–Trinajstić information content (AvgIpc) is 3.48. The van der Waals surface area contributed by atoms with Gasteiger partial charge in [0.1, 0.15) is 22.7 Å². The minimum absolute atomic E-state index is 0.0984. The maximum Gasteiger partial charge on any atom is 0.350 e. The monoisotopic (exact) mass is 572 g/mol. The summed E-state index contributed by atoms with van der Waals surface area (Å²) < 4.78 is 36.0. The van der Waals surface area contributed by atoms with Crippen LogP contribution in [-0.2, 0) is 28.4 Å². The lowest BCUT2D eigenvalue weighted by molar-refractivity contribution is -0.146. The summed E-state index contributed by atoms with van der Waals surface area (Å²) >= 11 is 0.931. The van der Waals surface area contributed by atoms with Crippen LogP contribution in [0.1, 0.15) is 58.1 Å². The molecule has 0 amide bonds. The zero-order valence-electron chi connectivity index (χ0n) is 22.7. The van der Waals surface area contributed by atoms with Crippen molar-refractivity contribution < 1.29 is 37.6 Å². The van der Waals surface area contributed by atoms with Crippen molar-refractivity contribution in [2.45, 2.75) is 60.5 Å². The molecule has 0 aliphatic carbocycles.